The lowest BCUT2D eigenvalue weighted by Gasteiger charge is -2.17. The van der Waals surface area contributed by atoms with Crippen LogP contribution in [0, 0.1) is 0 Å². The molecule has 19 heavy (non-hydrogen) atoms. The summed E-state index contributed by atoms with van der Waals surface area (Å²) in [4.78, 5) is 5.67. The SMILES string of the molecule is CCN(CC)CCNCc1cc2c(s1)CCCCC2. The van der Waals surface area contributed by atoms with Gasteiger partial charge in [-0.05, 0) is 50.4 Å². The van der Waals surface area contributed by atoms with Crippen LogP contribution in [-0.4, -0.2) is 31.1 Å². The molecular weight excluding hydrogens is 252 g/mol. The smallest absolute Gasteiger partial charge is 0.0300 e. The molecule has 0 amide bonds. The van der Waals surface area contributed by atoms with Gasteiger partial charge in [0.05, 0.1) is 0 Å². The number of thiophene rings is 1. The highest BCUT2D eigenvalue weighted by atomic mass is 32.1. The Morgan fingerprint density at radius 1 is 1.16 bits per heavy atom. The summed E-state index contributed by atoms with van der Waals surface area (Å²) in [5, 5.41) is 3.59. The first-order valence-corrected chi connectivity index (χ1v) is 8.68. The maximum Gasteiger partial charge on any atom is 0.0300 e. The first-order valence-electron chi connectivity index (χ1n) is 7.87. The van der Waals surface area contributed by atoms with Gasteiger partial charge in [-0.1, -0.05) is 20.3 Å². The summed E-state index contributed by atoms with van der Waals surface area (Å²) in [6.07, 6.45) is 6.82. The Balaban J connectivity index is 1.74. The summed E-state index contributed by atoms with van der Waals surface area (Å²) in [6.45, 7) is 10.1. The van der Waals surface area contributed by atoms with E-state index in [0.29, 0.717) is 0 Å². The maximum absolute atomic E-state index is 3.59. The molecule has 1 heterocycles. The van der Waals surface area contributed by atoms with Crippen molar-refractivity contribution in [3.63, 3.8) is 0 Å². The van der Waals surface area contributed by atoms with E-state index in [4.69, 9.17) is 0 Å². The van der Waals surface area contributed by atoms with Crippen LogP contribution in [0.25, 0.3) is 0 Å². The summed E-state index contributed by atoms with van der Waals surface area (Å²) < 4.78 is 0. The van der Waals surface area contributed by atoms with Crippen LogP contribution in [0.3, 0.4) is 0 Å². The lowest BCUT2D eigenvalue weighted by atomic mass is 10.1. The second-order valence-corrected chi connectivity index (χ2v) is 6.65. The normalized spacial score (nSPS) is 15.5. The fraction of sp³-hybridized carbons (Fsp3) is 0.750. The van der Waals surface area contributed by atoms with E-state index in [2.05, 4.69) is 30.1 Å². The number of likely N-dealkylation sites (N-methyl/N-ethyl adjacent to an activating group) is 1. The van der Waals surface area contributed by atoms with E-state index < -0.39 is 0 Å². The number of hydrogen-bond donors (Lipinski definition) is 1. The van der Waals surface area contributed by atoms with E-state index in [9.17, 15) is 0 Å². The minimum Gasteiger partial charge on any atom is -0.311 e. The third kappa shape index (κ3) is 4.59. The largest absolute Gasteiger partial charge is 0.311 e. The fourth-order valence-electron chi connectivity index (χ4n) is 2.80. The zero-order chi connectivity index (χ0) is 13.5. The third-order valence-corrected chi connectivity index (χ3v) is 5.33. The number of aryl methyl sites for hydroxylation is 2. The molecular formula is C16H28N2S. The summed E-state index contributed by atoms with van der Waals surface area (Å²) in [5.74, 6) is 0. The van der Waals surface area contributed by atoms with Crippen LogP contribution >= 0.6 is 11.3 Å². The predicted molar refractivity (Wildman–Crippen MR) is 85.1 cm³/mol. The maximum atomic E-state index is 3.59. The number of rotatable bonds is 7. The van der Waals surface area contributed by atoms with Crippen LogP contribution in [0.15, 0.2) is 6.07 Å². The van der Waals surface area contributed by atoms with Gasteiger partial charge in [-0.15, -0.1) is 11.3 Å². The fourth-order valence-corrected chi connectivity index (χ4v) is 4.04. The molecule has 1 aliphatic rings. The van der Waals surface area contributed by atoms with Gasteiger partial charge < -0.3 is 10.2 Å². The van der Waals surface area contributed by atoms with Crippen molar-refractivity contribution < 1.29 is 0 Å². The average molecular weight is 280 g/mol. The summed E-state index contributed by atoms with van der Waals surface area (Å²) in [7, 11) is 0. The monoisotopic (exact) mass is 280 g/mol. The highest BCUT2D eigenvalue weighted by Gasteiger charge is 2.11. The molecule has 0 saturated heterocycles. The lowest BCUT2D eigenvalue weighted by Crippen LogP contribution is -2.31. The van der Waals surface area contributed by atoms with Gasteiger partial charge in [0.25, 0.3) is 0 Å². The quantitative estimate of drug-likeness (QED) is 0.608. The van der Waals surface area contributed by atoms with E-state index in [1.165, 1.54) is 37.0 Å². The molecule has 1 aromatic rings. The number of fused-ring (bicyclic) bond motifs is 1. The summed E-state index contributed by atoms with van der Waals surface area (Å²) in [5.41, 5.74) is 1.64. The second kappa shape index (κ2) is 8.03. The highest BCUT2D eigenvalue weighted by molar-refractivity contribution is 7.12. The molecule has 0 fully saturated rings. The van der Waals surface area contributed by atoms with E-state index >= 15 is 0 Å². The zero-order valence-corrected chi connectivity index (χ0v) is 13.3. The van der Waals surface area contributed by atoms with Gasteiger partial charge >= 0.3 is 0 Å². The van der Waals surface area contributed by atoms with Crippen molar-refractivity contribution in [3.8, 4) is 0 Å². The van der Waals surface area contributed by atoms with E-state index in [1.54, 1.807) is 10.4 Å². The van der Waals surface area contributed by atoms with Gasteiger partial charge in [0.2, 0.25) is 0 Å². The molecule has 1 aromatic heterocycles. The van der Waals surface area contributed by atoms with Gasteiger partial charge in [-0.3, -0.25) is 0 Å². The van der Waals surface area contributed by atoms with Crippen LogP contribution in [0.2, 0.25) is 0 Å². The van der Waals surface area contributed by atoms with E-state index in [1.807, 2.05) is 11.3 Å². The van der Waals surface area contributed by atoms with Crippen LogP contribution in [0.5, 0.6) is 0 Å². The molecule has 0 radical (unpaired) electrons. The average Bonchev–Trinajstić information content (AvgIpc) is 2.69. The Hall–Kier alpha value is -0.380. The number of nitrogens with one attached hydrogen (secondary N) is 1. The predicted octanol–water partition coefficient (Wildman–Crippen LogP) is 3.45. The Labute approximate surface area is 122 Å². The minimum absolute atomic E-state index is 1.05. The molecule has 0 aliphatic heterocycles. The molecule has 108 valence electrons. The van der Waals surface area contributed by atoms with Gasteiger partial charge in [0.1, 0.15) is 0 Å². The van der Waals surface area contributed by atoms with Crippen LogP contribution in [0.4, 0.5) is 0 Å². The van der Waals surface area contributed by atoms with Gasteiger partial charge in [-0.25, -0.2) is 0 Å². The molecule has 3 heteroatoms. The van der Waals surface area contributed by atoms with Crippen molar-refractivity contribution in [2.24, 2.45) is 0 Å². The zero-order valence-electron chi connectivity index (χ0n) is 12.5. The molecule has 0 unspecified atom stereocenters. The van der Waals surface area contributed by atoms with Crippen molar-refractivity contribution in [2.75, 3.05) is 26.2 Å². The van der Waals surface area contributed by atoms with Crippen molar-refractivity contribution >= 4 is 11.3 Å². The Bertz CT molecular complexity index is 345. The standard InChI is InChI=1S/C16H28N2S/c1-3-18(4-2)11-10-17-13-15-12-14-8-6-5-7-9-16(14)19-15/h12,17H,3-11,13H2,1-2H3. The molecule has 0 spiro atoms. The van der Waals surface area contributed by atoms with Crippen LogP contribution in [-0.2, 0) is 19.4 Å². The Kier molecular flexibility index (Phi) is 6.35. The van der Waals surface area contributed by atoms with E-state index in [0.717, 1.165) is 32.7 Å². The number of nitrogens with zero attached hydrogens (tertiary/aromatic N) is 1. The van der Waals surface area contributed by atoms with E-state index in [-0.39, 0.29) is 0 Å². The molecule has 2 nitrogen and oxygen atoms in total. The third-order valence-electron chi connectivity index (χ3n) is 4.10. The van der Waals surface area contributed by atoms with Crippen LogP contribution in [0.1, 0.15) is 48.4 Å². The summed E-state index contributed by atoms with van der Waals surface area (Å²) in [6, 6.07) is 2.45. The second-order valence-electron chi connectivity index (χ2n) is 5.43. The first-order chi connectivity index (χ1) is 9.33. The number of hydrogen-bond acceptors (Lipinski definition) is 3. The minimum atomic E-state index is 1.05. The highest BCUT2D eigenvalue weighted by Crippen LogP contribution is 2.28. The van der Waals surface area contributed by atoms with Crippen LogP contribution < -0.4 is 5.32 Å². The van der Waals surface area contributed by atoms with Gasteiger partial charge in [-0.2, -0.15) is 0 Å². The van der Waals surface area contributed by atoms with Crippen molar-refractivity contribution in [3.05, 3.63) is 21.4 Å². The topological polar surface area (TPSA) is 15.3 Å². The molecule has 2 rings (SSSR count). The van der Waals surface area contributed by atoms with Crippen molar-refractivity contribution in [1.29, 1.82) is 0 Å². The summed E-state index contributed by atoms with van der Waals surface area (Å²) >= 11 is 2.04. The molecule has 1 N–H and O–H groups in total. The molecule has 0 aromatic carbocycles. The molecule has 0 atom stereocenters. The Morgan fingerprint density at radius 3 is 2.74 bits per heavy atom. The molecule has 1 aliphatic carbocycles. The van der Waals surface area contributed by atoms with Gasteiger partial charge in [0, 0.05) is 29.4 Å². The molecule has 0 bridgehead atoms. The first kappa shape index (κ1) is 15.0. The lowest BCUT2D eigenvalue weighted by molar-refractivity contribution is 0.302. The molecule has 0 saturated carbocycles. The Morgan fingerprint density at radius 2 is 1.95 bits per heavy atom. The van der Waals surface area contributed by atoms with Crippen molar-refractivity contribution in [1.82, 2.24) is 10.2 Å². The van der Waals surface area contributed by atoms with Crippen molar-refractivity contribution in [2.45, 2.75) is 52.5 Å². The van der Waals surface area contributed by atoms with Gasteiger partial charge in [0.15, 0.2) is 0 Å².